The SMILES string of the molecule is CCCNc1nc(NCc2ccn(C)n2)c(F)cc1F. The zero-order valence-electron chi connectivity index (χ0n) is 11.5. The minimum Gasteiger partial charge on any atom is -0.368 e. The Labute approximate surface area is 116 Å². The molecule has 0 spiro atoms. The predicted molar refractivity (Wildman–Crippen MR) is 73.5 cm³/mol. The number of pyridine rings is 1. The topological polar surface area (TPSA) is 54.8 Å². The van der Waals surface area contributed by atoms with Gasteiger partial charge in [-0.05, 0) is 12.5 Å². The van der Waals surface area contributed by atoms with E-state index in [1.54, 1.807) is 17.9 Å². The lowest BCUT2D eigenvalue weighted by Crippen LogP contribution is -2.10. The van der Waals surface area contributed by atoms with Crippen LogP contribution in [0.25, 0.3) is 0 Å². The van der Waals surface area contributed by atoms with Gasteiger partial charge in [0.25, 0.3) is 0 Å². The number of hydrogen-bond donors (Lipinski definition) is 2. The first-order chi connectivity index (χ1) is 9.60. The molecule has 5 nitrogen and oxygen atoms in total. The predicted octanol–water partition coefficient (Wildman–Crippen LogP) is 2.53. The Kier molecular flexibility index (Phi) is 4.49. The second-order valence-corrected chi connectivity index (χ2v) is 4.41. The summed E-state index contributed by atoms with van der Waals surface area (Å²) in [6.07, 6.45) is 2.62. The maximum absolute atomic E-state index is 13.6. The molecule has 2 N–H and O–H groups in total. The molecule has 0 saturated heterocycles. The molecule has 0 atom stereocenters. The number of nitrogens with one attached hydrogen (secondary N) is 2. The number of anilines is 2. The van der Waals surface area contributed by atoms with Crippen molar-refractivity contribution in [3.63, 3.8) is 0 Å². The molecule has 108 valence electrons. The van der Waals surface area contributed by atoms with Crippen molar-refractivity contribution >= 4 is 11.6 Å². The lowest BCUT2D eigenvalue weighted by atomic mass is 10.3. The Hall–Kier alpha value is -2.18. The molecule has 0 saturated carbocycles. The van der Waals surface area contributed by atoms with Crippen molar-refractivity contribution in [3.8, 4) is 0 Å². The monoisotopic (exact) mass is 281 g/mol. The Balaban J connectivity index is 2.09. The summed E-state index contributed by atoms with van der Waals surface area (Å²) in [5.41, 5.74) is 0.751. The van der Waals surface area contributed by atoms with Crippen molar-refractivity contribution in [2.45, 2.75) is 19.9 Å². The van der Waals surface area contributed by atoms with Gasteiger partial charge in [-0.1, -0.05) is 6.92 Å². The van der Waals surface area contributed by atoms with Crippen LogP contribution in [-0.4, -0.2) is 21.3 Å². The molecule has 0 aliphatic carbocycles. The highest BCUT2D eigenvalue weighted by atomic mass is 19.1. The van der Waals surface area contributed by atoms with Crippen LogP contribution in [0.2, 0.25) is 0 Å². The molecule has 0 amide bonds. The average Bonchev–Trinajstić information content (AvgIpc) is 2.82. The van der Waals surface area contributed by atoms with Gasteiger partial charge in [0.05, 0.1) is 12.2 Å². The van der Waals surface area contributed by atoms with Crippen molar-refractivity contribution in [2.24, 2.45) is 7.05 Å². The lowest BCUT2D eigenvalue weighted by molar-refractivity contribution is 0.577. The van der Waals surface area contributed by atoms with Crippen LogP contribution >= 0.6 is 0 Å². The van der Waals surface area contributed by atoms with Gasteiger partial charge in [0.1, 0.15) is 0 Å². The largest absolute Gasteiger partial charge is 0.368 e. The van der Waals surface area contributed by atoms with Crippen molar-refractivity contribution in [1.29, 1.82) is 0 Å². The van der Waals surface area contributed by atoms with Crippen LogP contribution < -0.4 is 10.6 Å². The fourth-order valence-corrected chi connectivity index (χ4v) is 1.69. The number of aromatic nitrogens is 3. The second-order valence-electron chi connectivity index (χ2n) is 4.41. The maximum atomic E-state index is 13.6. The summed E-state index contributed by atoms with van der Waals surface area (Å²) < 4.78 is 28.8. The van der Waals surface area contributed by atoms with Gasteiger partial charge in [0.15, 0.2) is 23.3 Å². The fourth-order valence-electron chi connectivity index (χ4n) is 1.69. The summed E-state index contributed by atoms with van der Waals surface area (Å²) in [6, 6.07) is 2.64. The quantitative estimate of drug-likeness (QED) is 0.854. The van der Waals surface area contributed by atoms with Crippen LogP contribution in [0.1, 0.15) is 19.0 Å². The molecular weight excluding hydrogens is 264 g/mol. The zero-order chi connectivity index (χ0) is 14.5. The molecule has 2 heterocycles. The number of halogens is 2. The van der Waals surface area contributed by atoms with Gasteiger partial charge in [-0.15, -0.1) is 0 Å². The van der Waals surface area contributed by atoms with E-state index in [2.05, 4.69) is 20.7 Å². The molecule has 0 radical (unpaired) electrons. The highest BCUT2D eigenvalue weighted by molar-refractivity contribution is 5.47. The van der Waals surface area contributed by atoms with Gasteiger partial charge in [0.2, 0.25) is 0 Å². The highest BCUT2D eigenvalue weighted by Gasteiger charge is 2.11. The molecule has 2 rings (SSSR count). The number of rotatable bonds is 6. The minimum atomic E-state index is -0.722. The molecule has 0 unspecified atom stereocenters. The van der Waals surface area contributed by atoms with Gasteiger partial charge in [0, 0.05) is 25.9 Å². The molecule has 0 bridgehead atoms. The van der Waals surface area contributed by atoms with Gasteiger partial charge in [-0.3, -0.25) is 4.68 Å². The van der Waals surface area contributed by atoms with Crippen molar-refractivity contribution < 1.29 is 8.78 Å². The van der Waals surface area contributed by atoms with Crippen LogP contribution in [0.5, 0.6) is 0 Å². The average molecular weight is 281 g/mol. The summed E-state index contributed by atoms with van der Waals surface area (Å²) in [5, 5.41) is 9.80. The molecule has 20 heavy (non-hydrogen) atoms. The summed E-state index contributed by atoms with van der Waals surface area (Å²) in [4.78, 5) is 3.92. The molecule has 0 aliphatic rings. The molecule has 0 fully saturated rings. The molecular formula is C13H17F2N5. The van der Waals surface area contributed by atoms with Crippen molar-refractivity contribution in [1.82, 2.24) is 14.8 Å². The Morgan fingerprint density at radius 2 is 1.90 bits per heavy atom. The van der Waals surface area contributed by atoms with E-state index in [-0.39, 0.29) is 11.6 Å². The van der Waals surface area contributed by atoms with Gasteiger partial charge < -0.3 is 10.6 Å². The molecule has 0 aromatic carbocycles. The summed E-state index contributed by atoms with van der Waals surface area (Å²) >= 11 is 0. The van der Waals surface area contributed by atoms with Crippen LogP contribution in [0.3, 0.4) is 0 Å². The third-order valence-corrected chi connectivity index (χ3v) is 2.68. The smallest absolute Gasteiger partial charge is 0.168 e. The van der Waals surface area contributed by atoms with Gasteiger partial charge in [-0.25, -0.2) is 13.8 Å². The Morgan fingerprint density at radius 3 is 2.50 bits per heavy atom. The van der Waals surface area contributed by atoms with E-state index in [1.165, 1.54) is 0 Å². The molecule has 2 aromatic heterocycles. The third-order valence-electron chi connectivity index (χ3n) is 2.68. The van der Waals surface area contributed by atoms with E-state index in [0.717, 1.165) is 18.2 Å². The van der Waals surface area contributed by atoms with E-state index < -0.39 is 11.6 Å². The molecule has 0 aliphatic heterocycles. The van der Waals surface area contributed by atoms with Gasteiger partial charge in [-0.2, -0.15) is 5.10 Å². The maximum Gasteiger partial charge on any atom is 0.168 e. The summed E-state index contributed by atoms with van der Waals surface area (Å²) in [6.45, 7) is 2.85. The second kappa shape index (κ2) is 6.31. The number of nitrogens with zero attached hydrogens (tertiary/aromatic N) is 3. The first kappa shape index (κ1) is 14.2. The van der Waals surface area contributed by atoms with Crippen molar-refractivity contribution in [3.05, 3.63) is 35.7 Å². The van der Waals surface area contributed by atoms with E-state index in [1.807, 2.05) is 13.0 Å². The van der Waals surface area contributed by atoms with Gasteiger partial charge >= 0.3 is 0 Å². The Bertz CT molecular complexity index is 582. The minimum absolute atomic E-state index is 0.00987. The van der Waals surface area contributed by atoms with Crippen LogP contribution in [-0.2, 0) is 13.6 Å². The number of hydrogen-bond acceptors (Lipinski definition) is 4. The van der Waals surface area contributed by atoms with E-state index in [9.17, 15) is 8.78 Å². The lowest BCUT2D eigenvalue weighted by Gasteiger charge is -2.10. The van der Waals surface area contributed by atoms with Crippen LogP contribution in [0, 0.1) is 11.6 Å². The van der Waals surface area contributed by atoms with E-state index >= 15 is 0 Å². The first-order valence-electron chi connectivity index (χ1n) is 6.42. The highest BCUT2D eigenvalue weighted by Crippen LogP contribution is 2.19. The summed E-state index contributed by atoms with van der Waals surface area (Å²) in [5.74, 6) is -1.35. The zero-order valence-corrected chi connectivity index (χ0v) is 11.5. The molecule has 7 heteroatoms. The Morgan fingerprint density at radius 1 is 1.20 bits per heavy atom. The normalized spacial score (nSPS) is 10.6. The summed E-state index contributed by atoms with van der Waals surface area (Å²) in [7, 11) is 1.80. The number of aryl methyl sites for hydroxylation is 1. The van der Waals surface area contributed by atoms with E-state index in [0.29, 0.717) is 13.1 Å². The van der Waals surface area contributed by atoms with Crippen LogP contribution in [0.15, 0.2) is 18.3 Å². The van der Waals surface area contributed by atoms with Crippen LogP contribution in [0.4, 0.5) is 20.4 Å². The third kappa shape index (κ3) is 3.43. The standard InChI is InChI=1S/C13H17F2N5/c1-3-5-16-12-10(14)7-11(15)13(18-12)17-8-9-4-6-20(2)19-9/h4,6-7H,3,5,8H2,1-2H3,(H2,16,17,18). The fraction of sp³-hybridized carbons (Fsp3) is 0.385. The first-order valence-corrected chi connectivity index (χ1v) is 6.42. The van der Waals surface area contributed by atoms with Crippen molar-refractivity contribution in [2.75, 3.05) is 17.2 Å². The van der Waals surface area contributed by atoms with E-state index in [4.69, 9.17) is 0 Å². The molecule has 2 aromatic rings.